The first kappa shape index (κ1) is 24.5. The van der Waals surface area contributed by atoms with Crippen LogP contribution in [0.1, 0.15) is 23.5 Å². The van der Waals surface area contributed by atoms with E-state index in [0.717, 1.165) is 0 Å². The van der Waals surface area contributed by atoms with Gasteiger partial charge in [0.1, 0.15) is 16.7 Å². The van der Waals surface area contributed by atoms with Crippen molar-refractivity contribution in [2.24, 2.45) is 0 Å². The van der Waals surface area contributed by atoms with Crippen molar-refractivity contribution in [3.63, 3.8) is 0 Å². The molecule has 4 aromatic rings. The van der Waals surface area contributed by atoms with Crippen LogP contribution in [0.4, 0.5) is 0 Å². The molecular formula is C27H24O9. The Hall–Kier alpha value is -4.66. The fourth-order valence-electron chi connectivity index (χ4n) is 4.24. The summed E-state index contributed by atoms with van der Waals surface area (Å²) in [7, 11) is 4.07. The van der Waals surface area contributed by atoms with Crippen LogP contribution in [0.5, 0.6) is 28.7 Å². The summed E-state index contributed by atoms with van der Waals surface area (Å²) in [5, 5.41) is 31.8. The van der Waals surface area contributed by atoms with Crippen LogP contribution in [0.2, 0.25) is 0 Å². The van der Waals surface area contributed by atoms with Gasteiger partial charge in [-0.2, -0.15) is 0 Å². The molecule has 186 valence electrons. The number of fused-ring (bicyclic) bond motifs is 1. The van der Waals surface area contributed by atoms with Crippen molar-refractivity contribution in [1.29, 1.82) is 0 Å². The Morgan fingerprint density at radius 3 is 2.28 bits per heavy atom. The standard InChI is InChI=1S/C27H24O9/c1-33-18-11-7-10-15(26(18)35-3)16(12-20(29)34-2)21-23(30)25(32)24(31)22-17(28)13-19(36-27(21)22)14-8-5-4-6-9-14/h4-11,13,16,30-32H,12H2,1-3H3/t16-/m1/s1. The largest absolute Gasteiger partial charge is 0.504 e. The molecule has 0 aliphatic rings. The molecule has 9 heteroatoms. The predicted molar refractivity (Wildman–Crippen MR) is 131 cm³/mol. The van der Waals surface area contributed by atoms with Crippen molar-refractivity contribution in [2.45, 2.75) is 12.3 Å². The first-order valence-electron chi connectivity index (χ1n) is 10.9. The summed E-state index contributed by atoms with van der Waals surface area (Å²) < 4.78 is 21.9. The van der Waals surface area contributed by atoms with Gasteiger partial charge >= 0.3 is 5.97 Å². The van der Waals surface area contributed by atoms with Crippen LogP contribution in [0, 0.1) is 0 Å². The number of esters is 1. The first-order valence-corrected chi connectivity index (χ1v) is 10.9. The van der Waals surface area contributed by atoms with E-state index in [-0.39, 0.29) is 34.5 Å². The topological polar surface area (TPSA) is 136 Å². The average Bonchev–Trinajstić information content (AvgIpc) is 2.90. The monoisotopic (exact) mass is 492 g/mol. The van der Waals surface area contributed by atoms with E-state index in [1.54, 1.807) is 48.5 Å². The van der Waals surface area contributed by atoms with Gasteiger partial charge in [-0.05, 0) is 6.07 Å². The molecule has 1 heterocycles. The molecule has 0 amide bonds. The zero-order valence-corrected chi connectivity index (χ0v) is 19.8. The van der Waals surface area contributed by atoms with Crippen molar-refractivity contribution in [1.82, 2.24) is 0 Å². The van der Waals surface area contributed by atoms with E-state index < -0.39 is 34.6 Å². The number of hydrogen-bond acceptors (Lipinski definition) is 9. The van der Waals surface area contributed by atoms with Gasteiger partial charge < -0.3 is 33.9 Å². The van der Waals surface area contributed by atoms with Gasteiger partial charge in [-0.15, -0.1) is 0 Å². The third kappa shape index (κ3) is 4.15. The third-order valence-electron chi connectivity index (χ3n) is 5.95. The van der Waals surface area contributed by atoms with Gasteiger partial charge in [0.15, 0.2) is 28.4 Å². The molecule has 0 saturated carbocycles. The molecule has 0 aliphatic carbocycles. The van der Waals surface area contributed by atoms with Gasteiger partial charge in [0.25, 0.3) is 0 Å². The maximum Gasteiger partial charge on any atom is 0.306 e. The van der Waals surface area contributed by atoms with E-state index in [9.17, 15) is 24.9 Å². The summed E-state index contributed by atoms with van der Waals surface area (Å²) in [4.78, 5) is 25.6. The molecule has 1 aromatic heterocycles. The zero-order chi connectivity index (χ0) is 26.0. The quantitative estimate of drug-likeness (QED) is 0.255. The second-order valence-corrected chi connectivity index (χ2v) is 7.92. The Morgan fingerprint density at radius 2 is 1.64 bits per heavy atom. The number of para-hydroxylation sites is 1. The molecule has 0 bridgehead atoms. The number of ether oxygens (including phenoxy) is 3. The average molecular weight is 492 g/mol. The summed E-state index contributed by atoms with van der Waals surface area (Å²) in [6, 6.07) is 14.9. The van der Waals surface area contributed by atoms with Gasteiger partial charge in [-0.3, -0.25) is 9.59 Å². The lowest BCUT2D eigenvalue weighted by Gasteiger charge is -2.23. The predicted octanol–water partition coefficient (Wildman–Crippen LogP) is 4.29. The summed E-state index contributed by atoms with van der Waals surface area (Å²) in [5.74, 6) is -3.43. The van der Waals surface area contributed by atoms with Crippen LogP contribution in [-0.2, 0) is 9.53 Å². The van der Waals surface area contributed by atoms with Crippen molar-refractivity contribution in [3.05, 3.63) is 75.9 Å². The molecular weight excluding hydrogens is 468 g/mol. The second kappa shape index (κ2) is 9.91. The number of benzene rings is 3. The van der Waals surface area contributed by atoms with E-state index in [1.165, 1.54) is 27.4 Å². The number of carbonyl (C=O) groups excluding carboxylic acids is 1. The smallest absolute Gasteiger partial charge is 0.306 e. The number of hydrogen-bond donors (Lipinski definition) is 3. The lowest BCUT2D eigenvalue weighted by Crippen LogP contribution is -2.13. The molecule has 3 N–H and O–H groups in total. The summed E-state index contributed by atoms with van der Waals surface area (Å²) in [6.07, 6.45) is -0.327. The Labute approximate surface area is 205 Å². The summed E-state index contributed by atoms with van der Waals surface area (Å²) >= 11 is 0. The molecule has 0 saturated heterocycles. The zero-order valence-electron chi connectivity index (χ0n) is 19.8. The maximum absolute atomic E-state index is 13.1. The Balaban J connectivity index is 2.13. The molecule has 3 aromatic carbocycles. The van der Waals surface area contributed by atoms with Gasteiger partial charge in [0, 0.05) is 28.7 Å². The summed E-state index contributed by atoms with van der Waals surface area (Å²) in [5.41, 5.74) is -0.00618. The van der Waals surface area contributed by atoms with Crippen molar-refractivity contribution < 1.29 is 38.7 Å². The number of methoxy groups -OCH3 is 3. The second-order valence-electron chi connectivity index (χ2n) is 7.92. The molecule has 0 radical (unpaired) electrons. The van der Waals surface area contributed by atoms with Gasteiger partial charge in [0.2, 0.25) is 5.75 Å². The van der Waals surface area contributed by atoms with Crippen molar-refractivity contribution in [2.75, 3.05) is 21.3 Å². The van der Waals surface area contributed by atoms with Crippen LogP contribution in [0.15, 0.2) is 63.8 Å². The highest BCUT2D eigenvalue weighted by Crippen LogP contribution is 2.51. The molecule has 1 atom stereocenters. The molecule has 9 nitrogen and oxygen atoms in total. The normalized spacial score (nSPS) is 11.8. The highest BCUT2D eigenvalue weighted by atomic mass is 16.5. The molecule has 0 unspecified atom stereocenters. The van der Waals surface area contributed by atoms with Crippen LogP contribution in [0.3, 0.4) is 0 Å². The van der Waals surface area contributed by atoms with Crippen LogP contribution >= 0.6 is 0 Å². The minimum Gasteiger partial charge on any atom is -0.504 e. The highest BCUT2D eigenvalue weighted by Gasteiger charge is 2.33. The van der Waals surface area contributed by atoms with Crippen LogP contribution in [-0.4, -0.2) is 42.6 Å². The fraction of sp³-hybridized carbons (Fsp3) is 0.185. The van der Waals surface area contributed by atoms with Crippen molar-refractivity contribution in [3.8, 4) is 40.1 Å². The number of rotatable bonds is 7. The van der Waals surface area contributed by atoms with Crippen molar-refractivity contribution >= 4 is 16.9 Å². The Kier molecular flexibility index (Phi) is 6.73. The third-order valence-corrected chi connectivity index (χ3v) is 5.95. The Bertz CT molecular complexity index is 1490. The molecule has 0 fully saturated rings. The van der Waals surface area contributed by atoms with Gasteiger partial charge in [0.05, 0.1) is 27.8 Å². The molecule has 36 heavy (non-hydrogen) atoms. The van der Waals surface area contributed by atoms with E-state index in [1.807, 2.05) is 0 Å². The van der Waals surface area contributed by atoms with Gasteiger partial charge in [-0.25, -0.2) is 0 Å². The fourth-order valence-corrected chi connectivity index (χ4v) is 4.24. The lowest BCUT2D eigenvalue weighted by molar-refractivity contribution is -0.140. The van der Waals surface area contributed by atoms with E-state index in [4.69, 9.17) is 18.6 Å². The number of phenols is 3. The Morgan fingerprint density at radius 1 is 0.917 bits per heavy atom. The summed E-state index contributed by atoms with van der Waals surface area (Å²) in [6.45, 7) is 0. The minimum atomic E-state index is -1.04. The van der Waals surface area contributed by atoms with Gasteiger partial charge in [-0.1, -0.05) is 42.5 Å². The number of phenolic OH excluding ortho intramolecular Hbond substituents is 3. The van der Waals surface area contributed by atoms with Crippen LogP contribution in [0.25, 0.3) is 22.3 Å². The molecule has 4 rings (SSSR count). The van der Waals surface area contributed by atoms with E-state index in [2.05, 4.69) is 0 Å². The maximum atomic E-state index is 13.1. The highest BCUT2D eigenvalue weighted by molar-refractivity contribution is 5.94. The van der Waals surface area contributed by atoms with E-state index in [0.29, 0.717) is 16.9 Å². The SMILES string of the molecule is COC(=O)C[C@H](c1cccc(OC)c1OC)c1c(O)c(O)c(O)c2c(=O)cc(-c3ccccc3)oc12. The molecule has 0 spiro atoms. The van der Waals surface area contributed by atoms with Crippen LogP contribution < -0.4 is 14.9 Å². The first-order chi connectivity index (χ1) is 17.3. The molecule has 0 aliphatic heterocycles. The number of carbonyl (C=O) groups is 1. The lowest BCUT2D eigenvalue weighted by atomic mass is 9.85. The minimum absolute atomic E-state index is 0.105. The number of aromatic hydroxyl groups is 3. The van der Waals surface area contributed by atoms with E-state index >= 15 is 0 Å².